The summed E-state index contributed by atoms with van der Waals surface area (Å²) in [6, 6.07) is 8.73. The maximum atomic E-state index is 12.0. The van der Waals surface area contributed by atoms with Crippen molar-refractivity contribution in [2.45, 2.75) is 64.2 Å². The van der Waals surface area contributed by atoms with E-state index >= 15 is 0 Å². The molecule has 0 saturated carbocycles. The topological polar surface area (TPSA) is 66.5 Å². The van der Waals surface area contributed by atoms with Crippen LogP contribution in [0.2, 0.25) is 0 Å². The Morgan fingerprint density at radius 2 is 1.69 bits per heavy atom. The molecule has 0 radical (unpaired) electrons. The first-order valence-electron chi connectivity index (χ1n) is 9.35. The molecule has 1 aromatic carbocycles. The summed E-state index contributed by atoms with van der Waals surface area (Å²) in [5.74, 6) is -0.800. The zero-order valence-corrected chi connectivity index (χ0v) is 17.4. The molecule has 6 heteroatoms. The molecule has 1 fully saturated rings. The molecule has 0 atom stereocenters. The average Bonchev–Trinajstić information content (AvgIpc) is 2.54. The van der Waals surface area contributed by atoms with Crippen LogP contribution in [0.3, 0.4) is 0 Å². The fourth-order valence-electron chi connectivity index (χ4n) is 3.07. The zero-order chi connectivity index (χ0) is 19.5. The van der Waals surface area contributed by atoms with E-state index in [-0.39, 0.29) is 17.4 Å². The highest BCUT2D eigenvalue weighted by Crippen LogP contribution is 2.26. The van der Waals surface area contributed by atoms with Crippen LogP contribution in [0.15, 0.2) is 24.3 Å². The molecule has 1 N–H and O–H groups in total. The van der Waals surface area contributed by atoms with Crippen molar-refractivity contribution >= 4 is 21.4 Å². The average molecular weight is 381 g/mol. The van der Waals surface area contributed by atoms with Crippen LogP contribution in [-0.4, -0.2) is 44.5 Å². The number of sulfone groups is 1. The monoisotopic (exact) mass is 380 g/mol. The van der Waals surface area contributed by atoms with E-state index < -0.39 is 20.8 Å². The first-order chi connectivity index (χ1) is 12.0. The summed E-state index contributed by atoms with van der Waals surface area (Å²) in [6.45, 7) is 11.5. The lowest BCUT2D eigenvalue weighted by atomic mass is 9.87. The summed E-state index contributed by atoms with van der Waals surface area (Å²) in [5.41, 5.74) is 2.66. The molecule has 1 aliphatic rings. The van der Waals surface area contributed by atoms with Gasteiger partial charge in [0, 0.05) is 24.8 Å². The van der Waals surface area contributed by atoms with Crippen LogP contribution in [-0.2, 0) is 20.0 Å². The van der Waals surface area contributed by atoms with E-state index in [1.165, 1.54) is 11.3 Å². The summed E-state index contributed by atoms with van der Waals surface area (Å²) >= 11 is 0. The van der Waals surface area contributed by atoms with Gasteiger partial charge in [0.2, 0.25) is 5.91 Å². The normalized spacial score (nSPS) is 16.8. The van der Waals surface area contributed by atoms with Crippen molar-refractivity contribution in [1.29, 1.82) is 0 Å². The maximum Gasteiger partial charge on any atom is 0.235 e. The molecule has 5 nitrogen and oxygen atoms in total. The summed E-state index contributed by atoms with van der Waals surface area (Å²) in [7, 11) is -3.34. The molecule has 1 amide bonds. The van der Waals surface area contributed by atoms with Gasteiger partial charge in [-0.25, -0.2) is 8.42 Å². The van der Waals surface area contributed by atoms with E-state index in [1.54, 1.807) is 13.8 Å². The summed E-state index contributed by atoms with van der Waals surface area (Å²) in [5, 5.41) is 2.36. The van der Waals surface area contributed by atoms with Crippen LogP contribution in [0.4, 0.5) is 5.69 Å². The van der Waals surface area contributed by atoms with Gasteiger partial charge in [0.25, 0.3) is 0 Å². The Morgan fingerprint density at radius 1 is 1.15 bits per heavy atom. The van der Waals surface area contributed by atoms with Crippen LogP contribution in [0.5, 0.6) is 0 Å². The van der Waals surface area contributed by atoms with Crippen molar-refractivity contribution in [3.63, 3.8) is 0 Å². The number of rotatable bonds is 5. The first-order valence-corrected chi connectivity index (χ1v) is 11.1. The largest absolute Gasteiger partial charge is 0.371 e. The minimum absolute atomic E-state index is 0.0509. The molecule has 0 unspecified atom stereocenters. The smallest absolute Gasteiger partial charge is 0.235 e. The number of anilines is 1. The van der Waals surface area contributed by atoms with Gasteiger partial charge in [-0.1, -0.05) is 32.9 Å². The molecule has 2 rings (SSSR count). The van der Waals surface area contributed by atoms with Gasteiger partial charge in [-0.3, -0.25) is 4.79 Å². The van der Waals surface area contributed by atoms with Crippen LogP contribution >= 0.6 is 0 Å². The van der Waals surface area contributed by atoms with Crippen molar-refractivity contribution in [3.8, 4) is 0 Å². The Kier molecular flexibility index (Phi) is 6.37. The van der Waals surface area contributed by atoms with Crippen molar-refractivity contribution < 1.29 is 13.2 Å². The standard InChI is InChI=1S/C20H32N2O3S/c1-15(2)26(24,25)14-19(23)21-17-10-12-22(13-11-17)18-8-6-16(7-9-18)20(3,4)5/h6-9,15,17H,10-14H2,1-5H3,(H,21,23). The Hall–Kier alpha value is -1.56. The maximum absolute atomic E-state index is 12.0. The van der Waals surface area contributed by atoms with E-state index in [4.69, 9.17) is 0 Å². The lowest BCUT2D eigenvalue weighted by Crippen LogP contribution is -2.46. The van der Waals surface area contributed by atoms with Crippen molar-refractivity contribution in [2.24, 2.45) is 0 Å². The highest BCUT2D eigenvalue weighted by molar-refractivity contribution is 7.92. The Bertz CT molecular complexity index is 710. The molecule has 0 bridgehead atoms. The molecule has 0 aliphatic carbocycles. The van der Waals surface area contributed by atoms with Gasteiger partial charge in [0.05, 0.1) is 5.25 Å². The number of nitrogens with zero attached hydrogens (tertiary/aromatic N) is 1. The third kappa shape index (κ3) is 5.47. The summed E-state index contributed by atoms with van der Waals surface area (Å²) < 4.78 is 23.7. The van der Waals surface area contributed by atoms with Gasteiger partial charge in [0.15, 0.2) is 9.84 Å². The third-order valence-electron chi connectivity index (χ3n) is 5.01. The molecule has 0 spiro atoms. The fraction of sp³-hybridized carbons (Fsp3) is 0.650. The number of carbonyl (C=O) groups is 1. The van der Waals surface area contributed by atoms with Gasteiger partial charge in [-0.2, -0.15) is 0 Å². The molecular formula is C20H32N2O3S. The second kappa shape index (κ2) is 7.99. The van der Waals surface area contributed by atoms with E-state index in [9.17, 15) is 13.2 Å². The van der Waals surface area contributed by atoms with Gasteiger partial charge in [-0.05, 0) is 49.8 Å². The Morgan fingerprint density at radius 3 is 2.15 bits per heavy atom. The lowest BCUT2D eigenvalue weighted by molar-refractivity contribution is -0.119. The molecule has 1 aliphatic heterocycles. The summed E-state index contributed by atoms with van der Waals surface area (Å²) in [6.07, 6.45) is 1.66. The second-order valence-corrected chi connectivity index (χ2v) is 11.0. The number of benzene rings is 1. The number of nitrogens with one attached hydrogen (secondary N) is 1. The molecular weight excluding hydrogens is 348 g/mol. The minimum atomic E-state index is -3.34. The number of carbonyl (C=O) groups excluding carboxylic acids is 1. The number of piperidine rings is 1. The Balaban J connectivity index is 1.86. The van der Waals surface area contributed by atoms with E-state index in [0.717, 1.165) is 25.9 Å². The number of hydrogen-bond donors (Lipinski definition) is 1. The molecule has 146 valence electrons. The minimum Gasteiger partial charge on any atom is -0.371 e. The summed E-state index contributed by atoms with van der Waals surface area (Å²) in [4.78, 5) is 14.3. The number of hydrogen-bond acceptors (Lipinski definition) is 4. The SMILES string of the molecule is CC(C)S(=O)(=O)CC(=O)NC1CCN(c2ccc(C(C)(C)C)cc2)CC1. The molecule has 1 aromatic rings. The Labute approximate surface area is 158 Å². The number of amides is 1. The first kappa shape index (κ1) is 20.7. The predicted molar refractivity (Wildman–Crippen MR) is 107 cm³/mol. The van der Waals surface area contributed by atoms with Gasteiger partial charge >= 0.3 is 0 Å². The lowest BCUT2D eigenvalue weighted by Gasteiger charge is -2.34. The molecule has 1 heterocycles. The fourth-order valence-corrected chi connectivity index (χ4v) is 3.86. The predicted octanol–water partition coefficient (Wildman–Crippen LogP) is 2.89. The second-order valence-electron chi connectivity index (χ2n) is 8.48. The van der Waals surface area contributed by atoms with Crippen LogP contribution in [0.25, 0.3) is 0 Å². The highest BCUT2D eigenvalue weighted by atomic mass is 32.2. The van der Waals surface area contributed by atoms with Gasteiger partial charge in [0.1, 0.15) is 5.75 Å². The molecule has 1 saturated heterocycles. The van der Waals surface area contributed by atoms with Crippen molar-refractivity contribution in [3.05, 3.63) is 29.8 Å². The third-order valence-corrected chi connectivity index (χ3v) is 7.11. The van der Waals surface area contributed by atoms with Crippen molar-refractivity contribution in [2.75, 3.05) is 23.7 Å². The van der Waals surface area contributed by atoms with E-state index in [0.29, 0.717) is 0 Å². The quantitative estimate of drug-likeness (QED) is 0.853. The van der Waals surface area contributed by atoms with E-state index in [2.05, 4.69) is 55.3 Å². The van der Waals surface area contributed by atoms with Gasteiger partial charge < -0.3 is 10.2 Å². The van der Waals surface area contributed by atoms with E-state index in [1.807, 2.05) is 0 Å². The molecule has 0 aromatic heterocycles. The van der Waals surface area contributed by atoms with Gasteiger partial charge in [-0.15, -0.1) is 0 Å². The van der Waals surface area contributed by atoms with Crippen LogP contribution in [0, 0.1) is 0 Å². The highest BCUT2D eigenvalue weighted by Gasteiger charge is 2.25. The van der Waals surface area contributed by atoms with Crippen LogP contribution < -0.4 is 10.2 Å². The zero-order valence-electron chi connectivity index (χ0n) is 16.6. The van der Waals surface area contributed by atoms with Crippen molar-refractivity contribution in [1.82, 2.24) is 5.32 Å². The molecule has 26 heavy (non-hydrogen) atoms. The van der Waals surface area contributed by atoms with Crippen LogP contribution in [0.1, 0.15) is 53.0 Å².